The zero-order valence-electron chi connectivity index (χ0n) is 9.88. The SMILES string of the molecule is OC1CCCN(c2cnc3cc(Cl)ccc3n2)C1. The molecule has 1 atom stereocenters. The molecular formula is C13H14ClN3O. The molecule has 0 aliphatic carbocycles. The Morgan fingerprint density at radius 1 is 1.33 bits per heavy atom. The van der Waals surface area contributed by atoms with Gasteiger partial charge < -0.3 is 10.0 Å². The van der Waals surface area contributed by atoms with Crippen LogP contribution >= 0.6 is 11.6 Å². The fraction of sp³-hybridized carbons (Fsp3) is 0.385. The van der Waals surface area contributed by atoms with Gasteiger partial charge >= 0.3 is 0 Å². The van der Waals surface area contributed by atoms with Gasteiger partial charge in [0.2, 0.25) is 0 Å². The van der Waals surface area contributed by atoms with Gasteiger partial charge in [0.15, 0.2) is 0 Å². The van der Waals surface area contributed by atoms with Crippen LogP contribution in [0, 0.1) is 0 Å². The Bertz CT molecular complexity index is 575. The van der Waals surface area contributed by atoms with E-state index in [1.165, 1.54) is 0 Å². The molecule has 2 heterocycles. The zero-order valence-corrected chi connectivity index (χ0v) is 10.6. The largest absolute Gasteiger partial charge is 0.391 e. The quantitative estimate of drug-likeness (QED) is 0.857. The van der Waals surface area contributed by atoms with Crippen LogP contribution in [0.15, 0.2) is 24.4 Å². The highest BCUT2D eigenvalue weighted by Crippen LogP contribution is 2.21. The monoisotopic (exact) mass is 263 g/mol. The smallest absolute Gasteiger partial charge is 0.147 e. The summed E-state index contributed by atoms with van der Waals surface area (Å²) in [6, 6.07) is 5.49. The molecule has 5 heteroatoms. The summed E-state index contributed by atoms with van der Waals surface area (Å²) >= 11 is 5.92. The van der Waals surface area contributed by atoms with Crippen molar-refractivity contribution in [2.45, 2.75) is 18.9 Å². The Morgan fingerprint density at radius 3 is 3.06 bits per heavy atom. The number of nitrogens with zero attached hydrogens (tertiary/aromatic N) is 3. The molecule has 0 bridgehead atoms. The summed E-state index contributed by atoms with van der Waals surface area (Å²) in [5, 5.41) is 10.3. The van der Waals surface area contributed by atoms with Gasteiger partial charge in [-0.05, 0) is 31.0 Å². The van der Waals surface area contributed by atoms with Gasteiger partial charge in [0, 0.05) is 18.1 Å². The van der Waals surface area contributed by atoms with Gasteiger partial charge in [0.1, 0.15) is 5.82 Å². The first-order valence-electron chi connectivity index (χ1n) is 6.08. The maximum atomic E-state index is 9.68. The molecule has 1 N–H and O–H groups in total. The molecule has 1 unspecified atom stereocenters. The second-order valence-electron chi connectivity index (χ2n) is 4.60. The van der Waals surface area contributed by atoms with E-state index in [0.717, 1.165) is 36.2 Å². The van der Waals surface area contributed by atoms with Gasteiger partial charge in [0.25, 0.3) is 0 Å². The summed E-state index contributed by atoms with van der Waals surface area (Å²) < 4.78 is 0. The molecule has 0 saturated carbocycles. The summed E-state index contributed by atoms with van der Waals surface area (Å²) in [4.78, 5) is 11.0. The third-order valence-electron chi connectivity index (χ3n) is 3.21. The van der Waals surface area contributed by atoms with E-state index >= 15 is 0 Å². The van der Waals surface area contributed by atoms with Crippen molar-refractivity contribution >= 4 is 28.5 Å². The third-order valence-corrected chi connectivity index (χ3v) is 3.45. The second-order valence-corrected chi connectivity index (χ2v) is 5.04. The normalized spacial score (nSPS) is 20.3. The summed E-state index contributed by atoms with van der Waals surface area (Å²) in [7, 11) is 0. The van der Waals surface area contributed by atoms with Crippen molar-refractivity contribution < 1.29 is 5.11 Å². The maximum absolute atomic E-state index is 9.68. The standard InChI is InChI=1S/C13H14ClN3O/c14-9-3-4-11-12(6-9)15-7-13(16-11)17-5-1-2-10(18)8-17/h3-4,6-7,10,18H,1-2,5,8H2. The number of halogens is 1. The van der Waals surface area contributed by atoms with Crippen LogP contribution in [0.25, 0.3) is 11.0 Å². The first-order valence-corrected chi connectivity index (χ1v) is 6.45. The predicted octanol–water partition coefficient (Wildman–Crippen LogP) is 2.24. The number of β-amino-alcohol motifs (C(OH)–C–C–N with tert-alkyl or cyclic N) is 1. The molecule has 94 valence electrons. The van der Waals surface area contributed by atoms with Crippen molar-refractivity contribution in [3.05, 3.63) is 29.4 Å². The molecule has 0 amide bonds. The lowest BCUT2D eigenvalue weighted by Gasteiger charge is -2.30. The Hall–Kier alpha value is -1.39. The number of hydrogen-bond donors (Lipinski definition) is 1. The number of hydrogen-bond acceptors (Lipinski definition) is 4. The fourth-order valence-electron chi connectivity index (χ4n) is 2.29. The van der Waals surface area contributed by atoms with Crippen LogP contribution in [0.1, 0.15) is 12.8 Å². The van der Waals surface area contributed by atoms with Gasteiger partial charge in [0.05, 0.1) is 23.3 Å². The summed E-state index contributed by atoms with van der Waals surface area (Å²) in [5.41, 5.74) is 1.63. The van der Waals surface area contributed by atoms with Crippen molar-refractivity contribution in [2.24, 2.45) is 0 Å². The zero-order chi connectivity index (χ0) is 12.5. The Balaban J connectivity index is 1.95. The summed E-state index contributed by atoms with van der Waals surface area (Å²) in [6.07, 6.45) is 3.34. The van der Waals surface area contributed by atoms with Gasteiger partial charge in [-0.2, -0.15) is 0 Å². The lowest BCUT2D eigenvalue weighted by molar-refractivity contribution is 0.154. The van der Waals surface area contributed by atoms with Crippen LogP contribution in [0.2, 0.25) is 5.02 Å². The van der Waals surface area contributed by atoms with E-state index in [1.807, 2.05) is 12.1 Å². The second kappa shape index (κ2) is 4.71. The molecule has 0 radical (unpaired) electrons. The number of anilines is 1. The van der Waals surface area contributed by atoms with E-state index in [0.29, 0.717) is 11.6 Å². The van der Waals surface area contributed by atoms with E-state index in [-0.39, 0.29) is 6.10 Å². The van der Waals surface area contributed by atoms with Crippen LogP contribution in [-0.2, 0) is 0 Å². The Kier molecular flexibility index (Phi) is 3.06. The molecule has 18 heavy (non-hydrogen) atoms. The van der Waals surface area contributed by atoms with E-state index in [4.69, 9.17) is 11.6 Å². The highest BCUT2D eigenvalue weighted by Gasteiger charge is 2.19. The minimum Gasteiger partial charge on any atom is -0.391 e. The van der Waals surface area contributed by atoms with Crippen molar-refractivity contribution in [1.82, 2.24) is 9.97 Å². The lowest BCUT2D eigenvalue weighted by atomic mass is 10.1. The van der Waals surface area contributed by atoms with Crippen molar-refractivity contribution in [2.75, 3.05) is 18.0 Å². The molecule has 1 aromatic heterocycles. The van der Waals surface area contributed by atoms with Crippen LogP contribution < -0.4 is 4.90 Å². The van der Waals surface area contributed by atoms with Crippen LogP contribution in [-0.4, -0.2) is 34.3 Å². The van der Waals surface area contributed by atoms with Crippen molar-refractivity contribution in [3.63, 3.8) is 0 Å². The minimum absolute atomic E-state index is 0.263. The molecule has 0 spiro atoms. The first-order chi connectivity index (χ1) is 8.72. The molecule has 1 aliphatic rings. The summed E-state index contributed by atoms with van der Waals surface area (Å²) in [5.74, 6) is 0.823. The van der Waals surface area contributed by atoms with E-state index in [2.05, 4.69) is 14.9 Å². The molecule has 1 saturated heterocycles. The first kappa shape index (κ1) is 11.7. The Labute approximate surface area is 110 Å². The topological polar surface area (TPSA) is 49.2 Å². The number of benzene rings is 1. The molecule has 1 fully saturated rings. The van der Waals surface area contributed by atoms with Crippen molar-refractivity contribution in [3.8, 4) is 0 Å². The lowest BCUT2D eigenvalue weighted by Crippen LogP contribution is -2.38. The van der Waals surface area contributed by atoms with E-state index in [1.54, 1.807) is 12.3 Å². The van der Waals surface area contributed by atoms with Crippen LogP contribution in [0.4, 0.5) is 5.82 Å². The average Bonchev–Trinajstić information content (AvgIpc) is 2.38. The van der Waals surface area contributed by atoms with Crippen LogP contribution in [0.5, 0.6) is 0 Å². The Morgan fingerprint density at radius 2 is 2.22 bits per heavy atom. The third kappa shape index (κ3) is 2.26. The van der Waals surface area contributed by atoms with Gasteiger partial charge in [-0.15, -0.1) is 0 Å². The summed E-state index contributed by atoms with van der Waals surface area (Å²) in [6.45, 7) is 1.55. The van der Waals surface area contributed by atoms with Gasteiger partial charge in [-0.25, -0.2) is 4.98 Å². The molecule has 1 aromatic carbocycles. The number of aliphatic hydroxyl groups is 1. The maximum Gasteiger partial charge on any atom is 0.147 e. The van der Waals surface area contributed by atoms with Crippen LogP contribution in [0.3, 0.4) is 0 Å². The predicted molar refractivity (Wildman–Crippen MR) is 72.0 cm³/mol. The fourth-order valence-corrected chi connectivity index (χ4v) is 2.46. The highest BCUT2D eigenvalue weighted by atomic mass is 35.5. The minimum atomic E-state index is -0.263. The number of aliphatic hydroxyl groups excluding tert-OH is 1. The molecule has 3 rings (SSSR count). The van der Waals surface area contributed by atoms with Gasteiger partial charge in [-0.3, -0.25) is 4.98 Å². The molecule has 2 aromatic rings. The van der Waals surface area contributed by atoms with E-state index < -0.39 is 0 Å². The van der Waals surface area contributed by atoms with E-state index in [9.17, 15) is 5.11 Å². The number of aromatic nitrogens is 2. The van der Waals surface area contributed by atoms with Crippen molar-refractivity contribution in [1.29, 1.82) is 0 Å². The number of rotatable bonds is 1. The highest BCUT2D eigenvalue weighted by molar-refractivity contribution is 6.31. The average molecular weight is 264 g/mol. The van der Waals surface area contributed by atoms with Gasteiger partial charge in [-0.1, -0.05) is 11.6 Å². The number of fused-ring (bicyclic) bond motifs is 1. The molecule has 1 aliphatic heterocycles. The number of piperidine rings is 1. The molecule has 4 nitrogen and oxygen atoms in total. The molecular weight excluding hydrogens is 250 g/mol.